The molecular weight excluding hydrogens is 133 g/mol. The standard InChI is InChI=1S/C7H14FNO/c1-6(9,5-10)4-7(8)2-3-7/h10H,2-5,9H2,1H3. The molecule has 1 aliphatic carbocycles. The van der Waals surface area contributed by atoms with Gasteiger partial charge in [-0.25, -0.2) is 4.39 Å². The Bertz CT molecular complexity index is 132. The minimum Gasteiger partial charge on any atom is -0.394 e. The molecule has 2 nitrogen and oxygen atoms in total. The fourth-order valence-electron chi connectivity index (χ4n) is 1.09. The predicted octanol–water partition coefficient (Wildman–Crippen LogP) is 0.588. The van der Waals surface area contributed by atoms with Crippen LogP contribution in [0.3, 0.4) is 0 Å². The molecule has 0 aliphatic heterocycles. The van der Waals surface area contributed by atoms with Gasteiger partial charge >= 0.3 is 0 Å². The number of alkyl halides is 1. The Morgan fingerprint density at radius 3 is 2.50 bits per heavy atom. The molecule has 0 amide bonds. The van der Waals surface area contributed by atoms with Gasteiger partial charge in [0.25, 0.3) is 0 Å². The zero-order valence-corrected chi connectivity index (χ0v) is 6.23. The van der Waals surface area contributed by atoms with E-state index >= 15 is 0 Å². The third-order valence-electron chi connectivity index (χ3n) is 1.87. The molecule has 1 saturated carbocycles. The maximum absolute atomic E-state index is 13.0. The smallest absolute Gasteiger partial charge is 0.113 e. The molecule has 0 heterocycles. The normalized spacial score (nSPS) is 27.6. The second-order valence-corrected chi connectivity index (χ2v) is 3.64. The summed E-state index contributed by atoms with van der Waals surface area (Å²) in [7, 11) is 0. The van der Waals surface area contributed by atoms with Crippen LogP contribution in [0.4, 0.5) is 4.39 Å². The minimum absolute atomic E-state index is 0.140. The van der Waals surface area contributed by atoms with Gasteiger partial charge in [-0.3, -0.25) is 0 Å². The van der Waals surface area contributed by atoms with Gasteiger partial charge in [0.15, 0.2) is 0 Å². The van der Waals surface area contributed by atoms with Gasteiger partial charge in [0.1, 0.15) is 5.67 Å². The van der Waals surface area contributed by atoms with Crippen LogP contribution in [0, 0.1) is 0 Å². The monoisotopic (exact) mass is 147 g/mol. The Morgan fingerprint density at radius 1 is 1.70 bits per heavy atom. The zero-order chi connectivity index (χ0) is 7.83. The summed E-state index contributed by atoms with van der Waals surface area (Å²) in [5.74, 6) is 0. The molecule has 0 aromatic carbocycles. The van der Waals surface area contributed by atoms with Crippen molar-refractivity contribution in [3.8, 4) is 0 Å². The lowest BCUT2D eigenvalue weighted by atomic mass is 9.96. The van der Waals surface area contributed by atoms with E-state index in [1.807, 2.05) is 0 Å². The van der Waals surface area contributed by atoms with Crippen LogP contribution in [0.15, 0.2) is 0 Å². The molecule has 3 N–H and O–H groups in total. The van der Waals surface area contributed by atoms with Crippen LogP contribution in [0.25, 0.3) is 0 Å². The third-order valence-corrected chi connectivity index (χ3v) is 1.87. The van der Waals surface area contributed by atoms with E-state index in [2.05, 4.69) is 0 Å². The van der Waals surface area contributed by atoms with E-state index in [1.54, 1.807) is 6.92 Å². The molecule has 10 heavy (non-hydrogen) atoms. The topological polar surface area (TPSA) is 46.2 Å². The first-order chi connectivity index (χ1) is 4.47. The molecule has 1 atom stereocenters. The quantitative estimate of drug-likeness (QED) is 0.613. The van der Waals surface area contributed by atoms with E-state index in [1.165, 1.54) is 0 Å². The van der Waals surface area contributed by atoms with E-state index in [0.29, 0.717) is 12.8 Å². The molecule has 1 unspecified atom stereocenters. The van der Waals surface area contributed by atoms with Crippen molar-refractivity contribution in [2.24, 2.45) is 5.73 Å². The summed E-state index contributed by atoms with van der Waals surface area (Å²) in [4.78, 5) is 0. The summed E-state index contributed by atoms with van der Waals surface area (Å²) in [6.07, 6.45) is 1.51. The first-order valence-corrected chi connectivity index (χ1v) is 3.56. The number of nitrogens with two attached hydrogens (primary N) is 1. The highest BCUT2D eigenvalue weighted by Gasteiger charge is 2.46. The summed E-state index contributed by atoms with van der Waals surface area (Å²) in [5.41, 5.74) is 3.77. The highest BCUT2D eigenvalue weighted by Crippen LogP contribution is 2.45. The van der Waals surface area contributed by atoms with Crippen molar-refractivity contribution in [1.29, 1.82) is 0 Å². The van der Waals surface area contributed by atoms with E-state index in [-0.39, 0.29) is 13.0 Å². The number of rotatable bonds is 3. The van der Waals surface area contributed by atoms with Crippen molar-refractivity contribution in [3.63, 3.8) is 0 Å². The lowest BCUT2D eigenvalue weighted by Gasteiger charge is -2.23. The van der Waals surface area contributed by atoms with Gasteiger partial charge in [0.2, 0.25) is 0 Å². The largest absolute Gasteiger partial charge is 0.394 e. The lowest BCUT2D eigenvalue weighted by molar-refractivity contribution is 0.153. The van der Waals surface area contributed by atoms with Crippen molar-refractivity contribution >= 4 is 0 Å². The Balaban J connectivity index is 2.36. The number of halogens is 1. The molecular formula is C7H14FNO. The van der Waals surface area contributed by atoms with Gasteiger partial charge in [-0.05, 0) is 19.8 Å². The molecule has 0 aromatic heterocycles. The average molecular weight is 147 g/mol. The summed E-state index contributed by atoms with van der Waals surface area (Å²) in [6.45, 7) is 1.53. The van der Waals surface area contributed by atoms with Crippen molar-refractivity contribution < 1.29 is 9.50 Å². The van der Waals surface area contributed by atoms with E-state index in [9.17, 15) is 4.39 Å². The zero-order valence-electron chi connectivity index (χ0n) is 6.23. The molecule has 3 heteroatoms. The van der Waals surface area contributed by atoms with Crippen LogP contribution in [0.5, 0.6) is 0 Å². The number of hydrogen-bond donors (Lipinski definition) is 2. The van der Waals surface area contributed by atoms with Gasteiger partial charge in [0, 0.05) is 12.0 Å². The number of aliphatic hydroxyl groups is 1. The minimum atomic E-state index is -1.05. The molecule has 1 fully saturated rings. The Labute approximate surface area is 60.2 Å². The van der Waals surface area contributed by atoms with Gasteiger partial charge in [-0.2, -0.15) is 0 Å². The number of hydrogen-bond acceptors (Lipinski definition) is 2. The second kappa shape index (κ2) is 2.17. The van der Waals surface area contributed by atoms with Gasteiger partial charge in [0.05, 0.1) is 6.61 Å². The SMILES string of the molecule is CC(N)(CO)CC1(F)CC1. The maximum Gasteiger partial charge on any atom is 0.113 e. The molecule has 0 bridgehead atoms. The Hall–Kier alpha value is -0.150. The Kier molecular flexibility index (Phi) is 1.73. The fraction of sp³-hybridized carbons (Fsp3) is 1.00. The second-order valence-electron chi connectivity index (χ2n) is 3.64. The van der Waals surface area contributed by atoms with Gasteiger partial charge in [-0.1, -0.05) is 0 Å². The first kappa shape index (κ1) is 7.95. The number of aliphatic hydroxyl groups excluding tert-OH is 1. The van der Waals surface area contributed by atoms with Gasteiger partial charge in [-0.15, -0.1) is 0 Å². The molecule has 0 saturated heterocycles. The lowest BCUT2D eigenvalue weighted by Crippen LogP contribution is -2.43. The van der Waals surface area contributed by atoms with E-state index < -0.39 is 11.2 Å². The molecule has 1 aliphatic rings. The first-order valence-electron chi connectivity index (χ1n) is 3.56. The van der Waals surface area contributed by atoms with E-state index in [4.69, 9.17) is 10.8 Å². The molecule has 0 radical (unpaired) electrons. The fourth-order valence-corrected chi connectivity index (χ4v) is 1.09. The molecule has 1 rings (SSSR count). The van der Waals surface area contributed by atoms with Crippen molar-refractivity contribution in [1.82, 2.24) is 0 Å². The van der Waals surface area contributed by atoms with Crippen LogP contribution < -0.4 is 5.73 Å². The highest BCUT2D eigenvalue weighted by atomic mass is 19.1. The molecule has 0 spiro atoms. The molecule has 0 aromatic rings. The van der Waals surface area contributed by atoms with Gasteiger partial charge < -0.3 is 10.8 Å². The summed E-state index contributed by atoms with van der Waals surface area (Å²) in [5, 5.41) is 8.69. The van der Waals surface area contributed by atoms with Crippen molar-refractivity contribution in [2.45, 2.75) is 37.4 Å². The predicted molar refractivity (Wildman–Crippen MR) is 37.4 cm³/mol. The van der Waals surface area contributed by atoms with Crippen LogP contribution in [0.2, 0.25) is 0 Å². The Morgan fingerprint density at radius 2 is 2.20 bits per heavy atom. The van der Waals surface area contributed by atoms with Crippen molar-refractivity contribution in [2.75, 3.05) is 6.61 Å². The summed E-state index contributed by atoms with van der Waals surface area (Å²) in [6, 6.07) is 0. The van der Waals surface area contributed by atoms with E-state index in [0.717, 1.165) is 0 Å². The summed E-state index contributed by atoms with van der Waals surface area (Å²) >= 11 is 0. The highest BCUT2D eigenvalue weighted by molar-refractivity contribution is 5.00. The summed E-state index contributed by atoms with van der Waals surface area (Å²) < 4.78 is 13.0. The van der Waals surface area contributed by atoms with Crippen molar-refractivity contribution in [3.05, 3.63) is 0 Å². The van der Waals surface area contributed by atoms with Crippen LogP contribution >= 0.6 is 0 Å². The van der Waals surface area contributed by atoms with Crippen LogP contribution in [0.1, 0.15) is 26.2 Å². The molecule has 60 valence electrons. The third kappa shape index (κ3) is 1.92. The maximum atomic E-state index is 13.0. The van der Waals surface area contributed by atoms with Crippen LogP contribution in [-0.2, 0) is 0 Å². The average Bonchev–Trinajstić information content (AvgIpc) is 2.47. The van der Waals surface area contributed by atoms with Crippen LogP contribution in [-0.4, -0.2) is 22.9 Å².